The molecule has 2 N–H and O–H groups in total. The number of carboxylic acids is 1. The average Bonchev–Trinajstić information content (AvgIpc) is 2.39. The first-order valence-corrected chi connectivity index (χ1v) is 6.84. The summed E-state index contributed by atoms with van der Waals surface area (Å²) in [5.41, 5.74) is 0. The van der Waals surface area contributed by atoms with E-state index in [0.717, 1.165) is 26.1 Å². The maximum atomic E-state index is 11.9. The summed E-state index contributed by atoms with van der Waals surface area (Å²) in [6.45, 7) is 4.20. The Morgan fingerprint density at radius 1 is 1.42 bits per heavy atom. The van der Waals surface area contributed by atoms with Crippen LogP contribution < -0.4 is 5.32 Å². The number of nitrogens with one attached hydrogen (secondary N) is 1. The highest BCUT2D eigenvalue weighted by molar-refractivity contribution is 5.75. The van der Waals surface area contributed by atoms with Crippen molar-refractivity contribution in [3.05, 3.63) is 0 Å². The molecule has 1 rings (SSSR count). The van der Waals surface area contributed by atoms with Crippen LogP contribution in [0.5, 0.6) is 0 Å². The first kappa shape index (κ1) is 15.8. The highest BCUT2D eigenvalue weighted by atomic mass is 16.5. The number of carboxylic acid groups (broad SMARTS) is 1. The second kappa shape index (κ2) is 7.99. The number of urea groups is 1. The maximum Gasteiger partial charge on any atom is 0.317 e. The van der Waals surface area contributed by atoms with E-state index in [1.54, 1.807) is 18.9 Å². The molecule has 0 aliphatic carbocycles. The SMILES string of the molecule is CCC(CNC(=O)N(C)CC1CCOCC1)C(=O)O. The van der Waals surface area contributed by atoms with E-state index in [4.69, 9.17) is 9.84 Å². The summed E-state index contributed by atoms with van der Waals surface area (Å²) in [6, 6.07) is -0.203. The minimum absolute atomic E-state index is 0.183. The Morgan fingerprint density at radius 2 is 2.05 bits per heavy atom. The van der Waals surface area contributed by atoms with Gasteiger partial charge in [0.15, 0.2) is 0 Å². The van der Waals surface area contributed by atoms with Gasteiger partial charge in [0.1, 0.15) is 0 Å². The van der Waals surface area contributed by atoms with Gasteiger partial charge in [-0.1, -0.05) is 6.92 Å². The quantitative estimate of drug-likeness (QED) is 0.760. The van der Waals surface area contributed by atoms with Crippen molar-refractivity contribution in [2.75, 3.05) is 33.4 Å². The molecule has 1 aliphatic heterocycles. The van der Waals surface area contributed by atoms with Crippen molar-refractivity contribution < 1.29 is 19.4 Å². The molecular weight excluding hydrogens is 248 g/mol. The lowest BCUT2D eigenvalue weighted by atomic mass is 10.00. The van der Waals surface area contributed by atoms with Gasteiger partial charge in [-0.05, 0) is 25.2 Å². The molecule has 0 bridgehead atoms. The summed E-state index contributed by atoms with van der Waals surface area (Å²) in [5.74, 6) is -0.902. The van der Waals surface area contributed by atoms with E-state index >= 15 is 0 Å². The smallest absolute Gasteiger partial charge is 0.317 e. The second-order valence-corrected chi connectivity index (χ2v) is 5.07. The predicted molar refractivity (Wildman–Crippen MR) is 71.0 cm³/mol. The standard InChI is InChI=1S/C13H24N2O4/c1-3-11(12(16)17)8-14-13(18)15(2)9-10-4-6-19-7-5-10/h10-11H,3-9H2,1-2H3,(H,14,18)(H,16,17). The molecule has 0 radical (unpaired) electrons. The molecule has 1 fully saturated rings. The average molecular weight is 272 g/mol. The number of carbonyl (C=O) groups excluding carboxylic acids is 1. The number of hydrogen-bond donors (Lipinski definition) is 2. The van der Waals surface area contributed by atoms with Gasteiger partial charge >= 0.3 is 12.0 Å². The van der Waals surface area contributed by atoms with Crippen LogP contribution in [0.3, 0.4) is 0 Å². The minimum atomic E-state index is -0.866. The summed E-state index contributed by atoms with van der Waals surface area (Å²) in [5, 5.41) is 11.6. The van der Waals surface area contributed by atoms with Crippen molar-refractivity contribution in [2.45, 2.75) is 26.2 Å². The zero-order valence-corrected chi connectivity index (χ0v) is 11.7. The minimum Gasteiger partial charge on any atom is -0.481 e. The van der Waals surface area contributed by atoms with E-state index in [9.17, 15) is 9.59 Å². The van der Waals surface area contributed by atoms with Crippen molar-refractivity contribution in [3.8, 4) is 0 Å². The topological polar surface area (TPSA) is 78.9 Å². The Balaban J connectivity index is 2.29. The van der Waals surface area contributed by atoms with Crippen LogP contribution in [-0.2, 0) is 9.53 Å². The number of carbonyl (C=O) groups is 2. The van der Waals surface area contributed by atoms with Crippen LogP contribution in [0.1, 0.15) is 26.2 Å². The zero-order chi connectivity index (χ0) is 14.3. The van der Waals surface area contributed by atoms with Crippen LogP contribution in [0.15, 0.2) is 0 Å². The summed E-state index contributed by atoms with van der Waals surface area (Å²) in [7, 11) is 1.74. The first-order valence-electron chi connectivity index (χ1n) is 6.84. The summed E-state index contributed by atoms with van der Waals surface area (Å²) in [6.07, 6.45) is 2.47. The normalized spacial score (nSPS) is 17.8. The predicted octanol–water partition coefficient (Wildman–Crippen LogP) is 1.17. The van der Waals surface area contributed by atoms with Gasteiger partial charge in [-0.15, -0.1) is 0 Å². The molecule has 0 aromatic rings. The van der Waals surface area contributed by atoms with E-state index in [1.807, 2.05) is 0 Å². The molecule has 19 heavy (non-hydrogen) atoms. The highest BCUT2D eigenvalue weighted by Gasteiger charge is 2.20. The van der Waals surface area contributed by atoms with Crippen LogP contribution in [0, 0.1) is 11.8 Å². The van der Waals surface area contributed by atoms with Crippen LogP contribution in [0.2, 0.25) is 0 Å². The Morgan fingerprint density at radius 3 is 2.58 bits per heavy atom. The van der Waals surface area contributed by atoms with E-state index in [-0.39, 0.29) is 12.6 Å². The Bertz CT molecular complexity index is 303. The summed E-state index contributed by atoms with van der Waals surface area (Å²) < 4.78 is 5.28. The molecule has 1 saturated heterocycles. The third kappa shape index (κ3) is 5.46. The van der Waals surface area contributed by atoms with E-state index in [1.165, 1.54) is 0 Å². The van der Waals surface area contributed by atoms with Gasteiger partial charge in [-0.25, -0.2) is 4.79 Å². The fourth-order valence-electron chi connectivity index (χ4n) is 2.15. The van der Waals surface area contributed by atoms with Crippen molar-refractivity contribution in [1.29, 1.82) is 0 Å². The van der Waals surface area contributed by atoms with Crippen LogP contribution in [0.4, 0.5) is 4.79 Å². The molecule has 6 nitrogen and oxygen atoms in total. The lowest BCUT2D eigenvalue weighted by Gasteiger charge is -2.27. The van der Waals surface area contributed by atoms with Gasteiger partial charge in [-0.2, -0.15) is 0 Å². The Kier molecular flexibility index (Phi) is 6.62. The second-order valence-electron chi connectivity index (χ2n) is 5.07. The van der Waals surface area contributed by atoms with Gasteiger partial charge in [0, 0.05) is 33.4 Å². The van der Waals surface area contributed by atoms with Crippen molar-refractivity contribution >= 4 is 12.0 Å². The van der Waals surface area contributed by atoms with Gasteiger partial charge < -0.3 is 20.1 Å². The number of rotatable bonds is 6. The summed E-state index contributed by atoms with van der Waals surface area (Å²) >= 11 is 0. The fraction of sp³-hybridized carbons (Fsp3) is 0.846. The Labute approximate surface area is 114 Å². The lowest BCUT2D eigenvalue weighted by molar-refractivity contribution is -0.141. The third-order valence-corrected chi connectivity index (χ3v) is 3.56. The molecule has 110 valence electrons. The van der Waals surface area contributed by atoms with Crippen LogP contribution >= 0.6 is 0 Å². The molecule has 2 amide bonds. The fourth-order valence-corrected chi connectivity index (χ4v) is 2.15. The van der Waals surface area contributed by atoms with Gasteiger partial charge in [0.25, 0.3) is 0 Å². The zero-order valence-electron chi connectivity index (χ0n) is 11.7. The van der Waals surface area contributed by atoms with Gasteiger partial charge in [0.2, 0.25) is 0 Å². The molecule has 1 heterocycles. The molecule has 0 saturated carbocycles. The molecule has 1 aliphatic rings. The van der Waals surface area contributed by atoms with E-state index in [2.05, 4.69) is 5.32 Å². The number of amides is 2. The van der Waals surface area contributed by atoms with Crippen molar-refractivity contribution in [2.24, 2.45) is 11.8 Å². The monoisotopic (exact) mass is 272 g/mol. The van der Waals surface area contributed by atoms with Crippen molar-refractivity contribution in [1.82, 2.24) is 10.2 Å². The summed E-state index contributed by atoms with van der Waals surface area (Å²) in [4.78, 5) is 24.3. The number of hydrogen-bond acceptors (Lipinski definition) is 3. The largest absolute Gasteiger partial charge is 0.481 e. The number of nitrogens with zero attached hydrogens (tertiary/aromatic N) is 1. The van der Waals surface area contributed by atoms with Crippen LogP contribution in [0.25, 0.3) is 0 Å². The van der Waals surface area contributed by atoms with Crippen molar-refractivity contribution in [3.63, 3.8) is 0 Å². The third-order valence-electron chi connectivity index (χ3n) is 3.56. The molecule has 0 aromatic heterocycles. The highest BCUT2D eigenvalue weighted by Crippen LogP contribution is 2.15. The van der Waals surface area contributed by atoms with Gasteiger partial charge in [0.05, 0.1) is 5.92 Å². The molecular formula is C13H24N2O4. The molecule has 1 atom stereocenters. The first-order chi connectivity index (χ1) is 9.04. The molecule has 1 unspecified atom stereocenters. The number of aliphatic carboxylic acids is 1. The Hall–Kier alpha value is -1.30. The lowest BCUT2D eigenvalue weighted by Crippen LogP contribution is -2.43. The molecule has 0 aromatic carbocycles. The number of ether oxygens (including phenoxy) is 1. The maximum absolute atomic E-state index is 11.9. The van der Waals surface area contributed by atoms with E-state index in [0.29, 0.717) is 18.9 Å². The van der Waals surface area contributed by atoms with E-state index < -0.39 is 11.9 Å². The van der Waals surface area contributed by atoms with Gasteiger partial charge in [-0.3, -0.25) is 4.79 Å². The molecule has 6 heteroatoms. The van der Waals surface area contributed by atoms with Crippen LogP contribution in [-0.4, -0.2) is 55.4 Å². The molecule has 0 spiro atoms.